The molecule has 0 saturated heterocycles. The van der Waals surface area contributed by atoms with E-state index in [9.17, 15) is 35.4 Å². The predicted octanol–water partition coefficient (Wildman–Crippen LogP) is 2.35. The second kappa shape index (κ2) is 9.13. The van der Waals surface area contributed by atoms with Crippen molar-refractivity contribution in [2.24, 2.45) is 40.4 Å². The van der Waals surface area contributed by atoms with Crippen LogP contribution in [-0.2, 0) is 4.79 Å². The third-order valence-corrected chi connectivity index (χ3v) is 11.5. The number of carbonyl (C=O) groups excluding carboxylic acids is 1. The zero-order chi connectivity index (χ0) is 27.0. The lowest BCUT2D eigenvalue weighted by Gasteiger charge is -2.60. The van der Waals surface area contributed by atoms with Gasteiger partial charge in [0, 0.05) is 11.3 Å². The molecule has 0 aromatic heterocycles. The van der Waals surface area contributed by atoms with E-state index in [1.807, 2.05) is 34.6 Å². The Balaban J connectivity index is 1.69. The van der Waals surface area contributed by atoms with E-state index in [0.717, 1.165) is 0 Å². The average Bonchev–Trinajstić information content (AvgIpc) is 3.07. The van der Waals surface area contributed by atoms with Gasteiger partial charge in [0.1, 0.15) is 6.10 Å². The molecule has 0 amide bonds. The van der Waals surface area contributed by atoms with E-state index in [1.54, 1.807) is 13.0 Å². The molecular formula is C29H48O7. The Morgan fingerprint density at radius 2 is 1.72 bits per heavy atom. The van der Waals surface area contributed by atoms with Gasteiger partial charge in [-0.15, -0.1) is 0 Å². The normalized spacial score (nSPS) is 46.8. The molecular weight excluding hydrogens is 460 g/mol. The number of ketones is 1. The Bertz CT molecular complexity index is 898. The molecule has 4 aliphatic rings. The van der Waals surface area contributed by atoms with Crippen molar-refractivity contribution in [2.45, 2.75) is 122 Å². The van der Waals surface area contributed by atoms with Crippen LogP contribution < -0.4 is 0 Å². The number of fused-ring (bicyclic) bond motifs is 5. The third kappa shape index (κ3) is 3.79. The van der Waals surface area contributed by atoms with Gasteiger partial charge in [0.15, 0.2) is 5.78 Å². The minimum Gasteiger partial charge on any atom is -0.390 e. The van der Waals surface area contributed by atoms with Crippen molar-refractivity contribution in [1.82, 2.24) is 0 Å². The maximum Gasteiger partial charge on any atom is 0.159 e. The largest absolute Gasteiger partial charge is 0.390 e. The maximum absolute atomic E-state index is 13.3. The number of rotatable bonds is 6. The third-order valence-electron chi connectivity index (χ3n) is 11.5. The highest BCUT2D eigenvalue weighted by atomic mass is 16.4. The molecule has 206 valence electrons. The number of aliphatic hydroxyl groups is 6. The van der Waals surface area contributed by atoms with E-state index >= 15 is 0 Å². The van der Waals surface area contributed by atoms with Crippen molar-refractivity contribution in [3.8, 4) is 0 Å². The van der Waals surface area contributed by atoms with Crippen LogP contribution in [0.4, 0.5) is 0 Å². The molecule has 0 aliphatic heterocycles. The van der Waals surface area contributed by atoms with E-state index in [1.165, 1.54) is 0 Å². The summed E-state index contributed by atoms with van der Waals surface area (Å²) < 4.78 is 0. The van der Waals surface area contributed by atoms with Crippen molar-refractivity contribution in [3.05, 3.63) is 11.6 Å². The first kappa shape index (κ1) is 28.2. The lowest BCUT2D eigenvalue weighted by Crippen LogP contribution is -2.64. The fourth-order valence-corrected chi connectivity index (χ4v) is 9.20. The SMILES string of the molecule is CC[C@H](C(C)C)[C@H](O)[C@H](O)[C@@](C)(O)[C@H]1CC[C@@]2(O)C3=CC(=O)[C@H]4C[C@@H](O)[C@H](O)C[C@]4(C)[C@H]3CC[C@@]12C. The topological polar surface area (TPSA) is 138 Å². The summed E-state index contributed by atoms with van der Waals surface area (Å²) in [5.41, 5.74) is -3.63. The molecule has 0 heterocycles. The van der Waals surface area contributed by atoms with E-state index in [4.69, 9.17) is 0 Å². The van der Waals surface area contributed by atoms with Crippen molar-refractivity contribution in [1.29, 1.82) is 0 Å². The van der Waals surface area contributed by atoms with Gasteiger partial charge in [-0.3, -0.25) is 4.79 Å². The minimum absolute atomic E-state index is 0.106. The molecule has 36 heavy (non-hydrogen) atoms. The first-order valence-electron chi connectivity index (χ1n) is 14.0. The fourth-order valence-electron chi connectivity index (χ4n) is 9.20. The highest BCUT2D eigenvalue weighted by Crippen LogP contribution is 2.68. The van der Waals surface area contributed by atoms with E-state index in [-0.39, 0.29) is 30.0 Å². The van der Waals surface area contributed by atoms with Crippen molar-refractivity contribution in [2.75, 3.05) is 0 Å². The monoisotopic (exact) mass is 508 g/mol. The van der Waals surface area contributed by atoms with Crippen LogP contribution in [0, 0.1) is 40.4 Å². The molecule has 4 rings (SSSR count). The van der Waals surface area contributed by atoms with E-state index in [2.05, 4.69) is 0 Å². The number of carbonyl (C=O) groups is 1. The average molecular weight is 509 g/mol. The first-order chi connectivity index (χ1) is 16.6. The molecule has 0 unspecified atom stereocenters. The van der Waals surface area contributed by atoms with E-state index in [0.29, 0.717) is 44.1 Å². The summed E-state index contributed by atoms with van der Waals surface area (Å²) in [5.74, 6) is -1.12. The summed E-state index contributed by atoms with van der Waals surface area (Å²) in [4.78, 5) is 13.3. The van der Waals surface area contributed by atoms with Crippen molar-refractivity contribution < 1.29 is 35.4 Å². The Morgan fingerprint density at radius 1 is 1.08 bits per heavy atom. The summed E-state index contributed by atoms with van der Waals surface area (Å²) in [5, 5.41) is 67.2. The van der Waals surface area contributed by atoms with Crippen LogP contribution in [0.3, 0.4) is 0 Å². The first-order valence-corrected chi connectivity index (χ1v) is 14.0. The van der Waals surface area contributed by atoms with E-state index < -0.39 is 58.3 Å². The minimum atomic E-state index is -1.63. The van der Waals surface area contributed by atoms with Gasteiger partial charge in [0.05, 0.1) is 29.5 Å². The van der Waals surface area contributed by atoms with Crippen LogP contribution >= 0.6 is 0 Å². The lowest BCUT2D eigenvalue weighted by molar-refractivity contribution is -0.198. The second-order valence-corrected chi connectivity index (χ2v) is 13.6. The Hall–Kier alpha value is -0.830. The molecule has 0 spiro atoms. The van der Waals surface area contributed by atoms with Gasteiger partial charge < -0.3 is 30.6 Å². The standard InChI is InChI=1S/C29H48O7/c1-7-16(15(2)3)24(33)25(34)28(6,35)23-9-11-29(36)18-12-20(30)19-13-21(31)22(32)14-26(19,4)17(18)8-10-27(23,29)5/h12,15-17,19,21-25,31-36H,7-11,13-14H2,1-6H3/t16-,17+,19-,21-,22-,23+,24+,25+,26-,27+,28+,29-/m1/s1. The molecule has 12 atom stereocenters. The number of hydrogen-bond donors (Lipinski definition) is 6. The smallest absolute Gasteiger partial charge is 0.159 e. The molecule has 4 aliphatic carbocycles. The van der Waals surface area contributed by atoms with Gasteiger partial charge in [-0.05, 0) is 86.2 Å². The Kier molecular flexibility index (Phi) is 7.15. The van der Waals surface area contributed by atoms with Crippen LogP contribution in [0.2, 0.25) is 0 Å². The van der Waals surface area contributed by atoms with Crippen LogP contribution in [0.25, 0.3) is 0 Å². The van der Waals surface area contributed by atoms with Gasteiger partial charge in [0.25, 0.3) is 0 Å². The van der Waals surface area contributed by atoms with Crippen LogP contribution in [0.5, 0.6) is 0 Å². The van der Waals surface area contributed by atoms with Gasteiger partial charge in [0.2, 0.25) is 0 Å². The molecule has 6 N–H and O–H groups in total. The number of allylic oxidation sites excluding steroid dienone is 1. The maximum atomic E-state index is 13.3. The molecule has 3 fully saturated rings. The molecule has 0 aromatic carbocycles. The molecule has 7 nitrogen and oxygen atoms in total. The zero-order valence-corrected chi connectivity index (χ0v) is 22.8. The Labute approximate surface area is 215 Å². The van der Waals surface area contributed by atoms with Crippen molar-refractivity contribution >= 4 is 5.78 Å². The van der Waals surface area contributed by atoms with Crippen molar-refractivity contribution in [3.63, 3.8) is 0 Å². The van der Waals surface area contributed by atoms with Crippen LogP contribution in [0.1, 0.15) is 86.5 Å². The molecule has 0 aromatic rings. The molecule has 3 saturated carbocycles. The summed E-state index contributed by atoms with van der Waals surface area (Å²) in [7, 11) is 0. The van der Waals surface area contributed by atoms with Gasteiger partial charge in [-0.25, -0.2) is 0 Å². The number of aliphatic hydroxyl groups excluding tert-OH is 4. The van der Waals surface area contributed by atoms with Crippen LogP contribution in [0.15, 0.2) is 11.6 Å². The summed E-state index contributed by atoms with van der Waals surface area (Å²) >= 11 is 0. The second-order valence-electron chi connectivity index (χ2n) is 13.6. The van der Waals surface area contributed by atoms with Gasteiger partial charge in [-0.2, -0.15) is 0 Å². The quantitative estimate of drug-likeness (QED) is 0.324. The lowest BCUT2D eigenvalue weighted by atomic mass is 9.45. The fraction of sp³-hybridized carbons (Fsp3) is 0.897. The predicted molar refractivity (Wildman–Crippen MR) is 136 cm³/mol. The molecule has 0 bridgehead atoms. The van der Waals surface area contributed by atoms with Gasteiger partial charge >= 0.3 is 0 Å². The summed E-state index contributed by atoms with van der Waals surface area (Å²) in [6.07, 6.45) is 0.600. The highest BCUT2D eigenvalue weighted by Gasteiger charge is 2.69. The van der Waals surface area contributed by atoms with Crippen LogP contribution in [-0.4, -0.2) is 72.0 Å². The zero-order valence-electron chi connectivity index (χ0n) is 22.8. The highest BCUT2D eigenvalue weighted by molar-refractivity contribution is 5.95. The number of hydrogen-bond acceptors (Lipinski definition) is 7. The Morgan fingerprint density at radius 3 is 2.31 bits per heavy atom. The summed E-state index contributed by atoms with van der Waals surface area (Å²) in [6.45, 7) is 11.5. The molecule has 0 radical (unpaired) electrons. The summed E-state index contributed by atoms with van der Waals surface area (Å²) in [6, 6.07) is 0. The molecule has 7 heteroatoms. The van der Waals surface area contributed by atoms with Gasteiger partial charge in [-0.1, -0.05) is 41.0 Å².